The van der Waals surface area contributed by atoms with Gasteiger partial charge in [0.25, 0.3) is 0 Å². The summed E-state index contributed by atoms with van der Waals surface area (Å²) in [5, 5.41) is 12.8. The van der Waals surface area contributed by atoms with Gasteiger partial charge in [-0.3, -0.25) is 0 Å². The fourth-order valence-corrected chi connectivity index (χ4v) is 3.73. The van der Waals surface area contributed by atoms with Gasteiger partial charge in [0.2, 0.25) is 10.0 Å². The van der Waals surface area contributed by atoms with Gasteiger partial charge in [0, 0.05) is 20.1 Å². The highest BCUT2D eigenvalue weighted by Gasteiger charge is 2.36. The number of aliphatic hydroxyl groups is 1. The van der Waals surface area contributed by atoms with Crippen molar-refractivity contribution in [2.45, 2.75) is 17.0 Å². The lowest BCUT2D eigenvalue weighted by Crippen LogP contribution is -2.44. The molecule has 6 nitrogen and oxygen atoms in total. The van der Waals surface area contributed by atoms with Crippen molar-refractivity contribution < 1.29 is 18.3 Å². The van der Waals surface area contributed by atoms with Crippen molar-refractivity contribution in [1.29, 1.82) is 0 Å². The Hall–Kier alpha value is -1.15. The van der Waals surface area contributed by atoms with Crippen LogP contribution in [0.1, 0.15) is 0 Å². The monoisotopic (exact) mass is 286 g/mol. The predicted molar refractivity (Wildman–Crippen MR) is 70.6 cm³/mol. The molecule has 0 radical (unpaired) electrons. The van der Waals surface area contributed by atoms with Crippen LogP contribution in [0.2, 0.25) is 0 Å². The minimum absolute atomic E-state index is 0.110. The number of aliphatic hydroxyl groups excluding tert-OH is 1. The summed E-state index contributed by atoms with van der Waals surface area (Å²) in [6.07, 6.45) is -0.700. The quantitative estimate of drug-likeness (QED) is 0.791. The van der Waals surface area contributed by atoms with Crippen molar-refractivity contribution in [3.8, 4) is 5.75 Å². The topological polar surface area (TPSA) is 78.9 Å². The van der Waals surface area contributed by atoms with Crippen LogP contribution in [-0.2, 0) is 10.0 Å². The van der Waals surface area contributed by atoms with Gasteiger partial charge < -0.3 is 15.2 Å². The van der Waals surface area contributed by atoms with E-state index in [9.17, 15) is 13.5 Å². The Morgan fingerprint density at radius 1 is 1.37 bits per heavy atom. The first-order valence-corrected chi connectivity index (χ1v) is 7.42. The Kier molecular flexibility index (Phi) is 4.10. The third-order valence-corrected chi connectivity index (χ3v) is 5.27. The molecule has 0 amide bonds. The molecule has 2 rings (SSSR count). The van der Waals surface area contributed by atoms with E-state index in [-0.39, 0.29) is 4.90 Å². The summed E-state index contributed by atoms with van der Waals surface area (Å²) in [5.74, 6) is 0.301. The third-order valence-electron chi connectivity index (χ3n) is 3.34. The van der Waals surface area contributed by atoms with Crippen LogP contribution < -0.4 is 10.1 Å². The highest BCUT2D eigenvalue weighted by molar-refractivity contribution is 7.89. The molecule has 1 saturated heterocycles. The van der Waals surface area contributed by atoms with Gasteiger partial charge in [-0.15, -0.1) is 0 Å². The predicted octanol–water partition coefficient (Wildman–Crippen LogP) is -0.352. The lowest BCUT2D eigenvalue weighted by molar-refractivity contribution is 0.136. The van der Waals surface area contributed by atoms with E-state index in [0.717, 1.165) is 0 Å². The number of ether oxygens (including phenoxy) is 1. The first-order chi connectivity index (χ1) is 8.98. The van der Waals surface area contributed by atoms with Crippen LogP contribution in [0.3, 0.4) is 0 Å². The summed E-state index contributed by atoms with van der Waals surface area (Å²) in [6.45, 7) is 0.836. The number of likely N-dealkylation sites (N-methyl/N-ethyl adjacent to an activating group) is 1. The molecule has 1 aliphatic heterocycles. The number of nitrogens with zero attached hydrogens (tertiary/aromatic N) is 1. The Labute approximate surface area is 113 Å². The third kappa shape index (κ3) is 2.59. The molecule has 2 atom stereocenters. The van der Waals surface area contributed by atoms with Gasteiger partial charge in [0.15, 0.2) is 0 Å². The number of sulfonamides is 1. The van der Waals surface area contributed by atoms with E-state index < -0.39 is 22.2 Å². The summed E-state index contributed by atoms with van der Waals surface area (Å²) in [5.41, 5.74) is 0. The van der Waals surface area contributed by atoms with Crippen LogP contribution in [0.5, 0.6) is 5.75 Å². The molecule has 1 heterocycles. The molecule has 2 N–H and O–H groups in total. The van der Waals surface area contributed by atoms with Crippen LogP contribution in [-0.4, -0.2) is 57.2 Å². The maximum absolute atomic E-state index is 12.6. The van der Waals surface area contributed by atoms with E-state index in [2.05, 4.69) is 5.32 Å². The zero-order valence-electron chi connectivity index (χ0n) is 10.9. The Balaban J connectivity index is 2.36. The standard InChI is InChI=1S/C12H18N2O4S/c1-14(9-7-13-8-10(9)15)19(16,17)12-6-4-3-5-11(12)18-2/h3-6,9-10,13,15H,7-8H2,1-2H3/t9-,10-/m1/s1. The lowest BCUT2D eigenvalue weighted by Gasteiger charge is -2.26. The van der Waals surface area contributed by atoms with Gasteiger partial charge in [-0.25, -0.2) is 8.42 Å². The van der Waals surface area contributed by atoms with Crippen LogP contribution in [0.25, 0.3) is 0 Å². The summed E-state index contributed by atoms with van der Waals surface area (Å²) in [4.78, 5) is 0.110. The Morgan fingerprint density at radius 3 is 2.63 bits per heavy atom. The van der Waals surface area contributed by atoms with E-state index in [1.807, 2.05) is 0 Å². The largest absolute Gasteiger partial charge is 0.495 e. The number of hydrogen-bond acceptors (Lipinski definition) is 5. The van der Waals surface area contributed by atoms with Gasteiger partial charge in [-0.05, 0) is 12.1 Å². The second-order valence-electron chi connectivity index (χ2n) is 4.47. The zero-order chi connectivity index (χ0) is 14.0. The van der Waals surface area contributed by atoms with Crippen molar-refractivity contribution in [3.05, 3.63) is 24.3 Å². The number of nitrogens with one attached hydrogen (secondary N) is 1. The summed E-state index contributed by atoms with van der Waals surface area (Å²) >= 11 is 0. The number of para-hydroxylation sites is 1. The molecule has 0 saturated carbocycles. The Morgan fingerprint density at radius 2 is 2.05 bits per heavy atom. The van der Waals surface area contributed by atoms with Gasteiger partial charge in [-0.1, -0.05) is 12.1 Å². The average molecular weight is 286 g/mol. The molecule has 0 bridgehead atoms. The van der Waals surface area contributed by atoms with Crippen molar-refractivity contribution in [3.63, 3.8) is 0 Å². The molecule has 1 aromatic carbocycles. The molecule has 106 valence electrons. The first kappa shape index (κ1) is 14.3. The van der Waals surface area contributed by atoms with Crippen LogP contribution in [0, 0.1) is 0 Å². The van der Waals surface area contributed by atoms with Crippen molar-refractivity contribution in [2.24, 2.45) is 0 Å². The maximum atomic E-state index is 12.6. The highest BCUT2D eigenvalue weighted by Crippen LogP contribution is 2.27. The first-order valence-electron chi connectivity index (χ1n) is 5.98. The molecule has 1 aromatic rings. The van der Waals surface area contributed by atoms with E-state index in [1.165, 1.54) is 24.5 Å². The van der Waals surface area contributed by atoms with Crippen LogP contribution in [0.4, 0.5) is 0 Å². The summed E-state index contributed by atoms with van der Waals surface area (Å²) in [6, 6.07) is 6.00. The fourth-order valence-electron chi connectivity index (χ4n) is 2.19. The molecule has 0 spiro atoms. The highest BCUT2D eigenvalue weighted by atomic mass is 32.2. The van der Waals surface area contributed by atoms with Gasteiger partial charge in [0.05, 0.1) is 19.3 Å². The van der Waals surface area contributed by atoms with Gasteiger partial charge >= 0.3 is 0 Å². The smallest absolute Gasteiger partial charge is 0.246 e. The second-order valence-corrected chi connectivity index (χ2v) is 6.43. The number of methoxy groups -OCH3 is 1. The van der Waals surface area contributed by atoms with Crippen LogP contribution in [0.15, 0.2) is 29.2 Å². The minimum atomic E-state index is -3.69. The molecule has 1 fully saturated rings. The maximum Gasteiger partial charge on any atom is 0.246 e. The minimum Gasteiger partial charge on any atom is -0.495 e. The van der Waals surface area contributed by atoms with E-state index in [1.54, 1.807) is 18.2 Å². The van der Waals surface area contributed by atoms with Crippen LogP contribution >= 0.6 is 0 Å². The number of benzene rings is 1. The van der Waals surface area contributed by atoms with Crippen molar-refractivity contribution in [1.82, 2.24) is 9.62 Å². The molecule has 0 unspecified atom stereocenters. The molecule has 0 aliphatic carbocycles. The summed E-state index contributed by atoms with van der Waals surface area (Å²) < 4.78 is 31.4. The molecular weight excluding hydrogens is 268 g/mol. The lowest BCUT2D eigenvalue weighted by atomic mass is 10.2. The molecule has 7 heteroatoms. The van der Waals surface area contributed by atoms with Crippen molar-refractivity contribution >= 4 is 10.0 Å². The Bertz CT molecular complexity index is 546. The SMILES string of the molecule is COc1ccccc1S(=O)(=O)N(C)[C@@H]1CNC[C@H]1O. The number of β-amino-alcohol motifs (C(OH)–C–C–N with tert-alkyl or cyclic N) is 1. The second kappa shape index (κ2) is 5.46. The van der Waals surface area contributed by atoms with Gasteiger partial charge in [-0.2, -0.15) is 4.31 Å². The average Bonchev–Trinajstić information content (AvgIpc) is 2.83. The normalized spacial score (nSPS) is 23.8. The molecule has 19 heavy (non-hydrogen) atoms. The molecular formula is C12H18N2O4S. The zero-order valence-corrected chi connectivity index (χ0v) is 11.7. The van der Waals surface area contributed by atoms with E-state index in [0.29, 0.717) is 18.8 Å². The fraction of sp³-hybridized carbons (Fsp3) is 0.500. The molecule has 1 aliphatic rings. The summed E-state index contributed by atoms with van der Waals surface area (Å²) in [7, 11) is -0.784. The van der Waals surface area contributed by atoms with E-state index >= 15 is 0 Å². The van der Waals surface area contributed by atoms with Gasteiger partial charge in [0.1, 0.15) is 10.6 Å². The number of hydrogen-bond donors (Lipinski definition) is 2. The van der Waals surface area contributed by atoms with Crippen molar-refractivity contribution in [2.75, 3.05) is 27.2 Å². The molecule has 0 aromatic heterocycles. The van der Waals surface area contributed by atoms with E-state index in [4.69, 9.17) is 4.74 Å². The number of rotatable bonds is 4.